The van der Waals surface area contributed by atoms with E-state index in [1.54, 1.807) is 12.4 Å². The normalized spacial score (nSPS) is 10.1. The Hall–Kier alpha value is -1.06. The van der Waals surface area contributed by atoms with Crippen LogP contribution in [0, 0.1) is 0 Å². The highest BCUT2D eigenvalue weighted by atomic mass is 79.9. The van der Waals surface area contributed by atoms with E-state index >= 15 is 0 Å². The Kier molecular flexibility index (Phi) is 3.80. The number of halogens is 2. The summed E-state index contributed by atoms with van der Waals surface area (Å²) in [6, 6.07) is 9.62. The summed E-state index contributed by atoms with van der Waals surface area (Å²) in [6.45, 7) is 0.715. The van der Waals surface area contributed by atoms with Crippen LogP contribution in [0.2, 0.25) is 5.02 Å². The lowest BCUT2D eigenvalue weighted by atomic mass is 10.2. The Bertz CT molecular complexity index is 474. The van der Waals surface area contributed by atoms with E-state index in [1.165, 1.54) is 0 Å². The molecule has 0 aliphatic rings. The maximum atomic E-state index is 5.94. The Labute approximate surface area is 108 Å². The van der Waals surface area contributed by atoms with Crippen LogP contribution in [-0.4, -0.2) is 4.98 Å². The molecule has 1 aromatic heterocycles. The van der Waals surface area contributed by atoms with Gasteiger partial charge in [-0.1, -0.05) is 27.5 Å². The Morgan fingerprint density at radius 1 is 1.31 bits per heavy atom. The molecular formula is C12H10BrClN2. The van der Waals surface area contributed by atoms with Crippen molar-refractivity contribution in [2.45, 2.75) is 6.54 Å². The fourth-order valence-corrected chi connectivity index (χ4v) is 1.92. The molecule has 16 heavy (non-hydrogen) atoms. The highest BCUT2D eigenvalue weighted by Crippen LogP contribution is 2.22. The van der Waals surface area contributed by atoms with Crippen LogP contribution in [-0.2, 0) is 6.54 Å². The first-order chi connectivity index (χ1) is 7.75. The summed E-state index contributed by atoms with van der Waals surface area (Å²) < 4.78 is 1.05. The molecule has 2 aromatic rings. The number of benzene rings is 1. The van der Waals surface area contributed by atoms with Gasteiger partial charge >= 0.3 is 0 Å². The van der Waals surface area contributed by atoms with Gasteiger partial charge < -0.3 is 5.32 Å². The first-order valence-corrected chi connectivity index (χ1v) is 6.00. The molecule has 4 heteroatoms. The molecule has 1 heterocycles. The van der Waals surface area contributed by atoms with E-state index in [9.17, 15) is 0 Å². The highest BCUT2D eigenvalue weighted by molar-refractivity contribution is 9.10. The van der Waals surface area contributed by atoms with Crippen LogP contribution in [0.5, 0.6) is 0 Å². The van der Waals surface area contributed by atoms with E-state index in [-0.39, 0.29) is 0 Å². The molecule has 0 radical (unpaired) electrons. The van der Waals surface area contributed by atoms with Crippen molar-refractivity contribution in [1.29, 1.82) is 0 Å². The minimum absolute atomic E-state index is 0.715. The van der Waals surface area contributed by atoms with Gasteiger partial charge in [0.1, 0.15) is 0 Å². The summed E-state index contributed by atoms with van der Waals surface area (Å²) >= 11 is 9.43. The summed E-state index contributed by atoms with van der Waals surface area (Å²) in [5.74, 6) is 0. The zero-order valence-corrected chi connectivity index (χ0v) is 10.8. The molecule has 1 N–H and O–H groups in total. The van der Waals surface area contributed by atoms with Gasteiger partial charge in [-0.2, -0.15) is 0 Å². The zero-order valence-electron chi connectivity index (χ0n) is 8.45. The predicted octanol–water partition coefficient (Wildman–Crippen LogP) is 4.11. The molecule has 0 aliphatic carbocycles. The molecule has 2 rings (SSSR count). The van der Waals surface area contributed by atoms with Crippen molar-refractivity contribution < 1.29 is 0 Å². The van der Waals surface area contributed by atoms with Crippen LogP contribution >= 0.6 is 27.5 Å². The maximum Gasteiger partial charge on any atom is 0.0529 e. The summed E-state index contributed by atoms with van der Waals surface area (Å²) in [5.41, 5.74) is 2.12. The Balaban J connectivity index is 2.08. The number of rotatable bonds is 3. The van der Waals surface area contributed by atoms with Crippen molar-refractivity contribution >= 4 is 33.2 Å². The van der Waals surface area contributed by atoms with Crippen molar-refractivity contribution in [2.24, 2.45) is 0 Å². The minimum atomic E-state index is 0.715. The SMILES string of the molecule is Clc1ccc(Br)c(CNc2cccnc2)c1. The number of hydrogen-bond acceptors (Lipinski definition) is 2. The van der Waals surface area contributed by atoms with Crippen LogP contribution < -0.4 is 5.32 Å². The van der Waals surface area contributed by atoms with E-state index in [0.29, 0.717) is 6.54 Å². The fraction of sp³-hybridized carbons (Fsp3) is 0.0833. The van der Waals surface area contributed by atoms with Crippen LogP contribution in [0.25, 0.3) is 0 Å². The zero-order chi connectivity index (χ0) is 11.4. The van der Waals surface area contributed by atoms with Crippen molar-refractivity contribution in [2.75, 3.05) is 5.32 Å². The van der Waals surface area contributed by atoms with Gasteiger partial charge in [0.15, 0.2) is 0 Å². The average molecular weight is 298 g/mol. The standard InChI is InChI=1S/C12H10BrClN2/c13-12-4-3-10(14)6-9(12)7-16-11-2-1-5-15-8-11/h1-6,8,16H,7H2. The van der Waals surface area contributed by atoms with Gasteiger partial charge in [0, 0.05) is 28.4 Å². The maximum absolute atomic E-state index is 5.94. The third-order valence-electron chi connectivity index (χ3n) is 2.15. The topological polar surface area (TPSA) is 24.9 Å². The molecule has 0 bridgehead atoms. The monoisotopic (exact) mass is 296 g/mol. The lowest BCUT2D eigenvalue weighted by Gasteiger charge is -2.08. The van der Waals surface area contributed by atoms with E-state index in [4.69, 9.17) is 11.6 Å². The Morgan fingerprint density at radius 2 is 2.19 bits per heavy atom. The van der Waals surface area contributed by atoms with E-state index in [0.717, 1.165) is 20.7 Å². The van der Waals surface area contributed by atoms with Crippen molar-refractivity contribution in [3.8, 4) is 0 Å². The van der Waals surface area contributed by atoms with Gasteiger partial charge in [0.25, 0.3) is 0 Å². The number of nitrogens with one attached hydrogen (secondary N) is 1. The number of hydrogen-bond donors (Lipinski definition) is 1. The average Bonchev–Trinajstić information content (AvgIpc) is 2.32. The predicted molar refractivity (Wildman–Crippen MR) is 70.7 cm³/mol. The van der Waals surface area contributed by atoms with Gasteiger partial charge in [-0.3, -0.25) is 4.98 Å². The number of anilines is 1. The second-order valence-electron chi connectivity index (χ2n) is 3.33. The van der Waals surface area contributed by atoms with Crippen molar-refractivity contribution in [1.82, 2.24) is 4.98 Å². The second kappa shape index (κ2) is 5.32. The fourth-order valence-electron chi connectivity index (χ4n) is 1.34. The largest absolute Gasteiger partial charge is 0.380 e. The smallest absolute Gasteiger partial charge is 0.0529 e. The quantitative estimate of drug-likeness (QED) is 0.922. The molecule has 0 fully saturated rings. The van der Waals surface area contributed by atoms with Gasteiger partial charge in [0.2, 0.25) is 0 Å². The van der Waals surface area contributed by atoms with E-state index < -0.39 is 0 Å². The highest BCUT2D eigenvalue weighted by Gasteiger charge is 2.00. The molecular weight excluding hydrogens is 288 g/mol. The van der Waals surface area contributed by atoms with Crippen molar-refractivity contribution in [3.05, 3.63) is 57.8 Å². The van der Waals surface area contributed by atoms with Crippen molar-refractivity contribution in [3.63, 3.8) is 0 Å². The van der Waals surface area contributed by atoms with Crippen LogP contribution in [0.4, 0.5) is 5.69 Å². The molecule has 0 amide bonds. The number of pyridine rings is 1. The first-order valence-electron chi connectivity index (χ1n) is 4.83. The lowest BCUT2D eigenvalue weighted by Crippen LogP contribution is -2.00. The van der Waals surface area contributed by atoms with Gasteiger partial charge in [-0.15, -0.1) is 0 Å². The second-order valence-corrected chi connectivity index (χ2v) is 4.62. The van der Waals surface area contributed by atoms with Crippen LogP contribution in [0.3, 0.4) is 0 Å². The molecule has 2 nitrogen and oxygen atoms in total. The van der Waals surface area contributed by atoms with Gasteiger partial charge in [0.05, 0.1) is 5.69 Å². The molecule has 0 saturated heterocycles. The molecule has 0 saturated carbocycles. The summed E-state index contributed by atoms with van der Waals surface area (Å²) in [7, 11) is 0. The van der Waals surface area contributed by atoms with Gasteiger partial charge in [-0.05, 0) is 35.9 Å². The third-order valence-corrected chi connectivity index (χ3v) is 3.16. The molecule has 0 unspecified atom stereocenters. The number of aromatic nitrogens is 1. The summed E-state index contributed by atoms with van der Waals surface area (Å²) in [6.07, 6.45) is 3.54. The molecule has 0 atom stereocenters. The number of nitrogens with zero attached hydrogens (tertiary/aromatic N) is 1. The third kappa shape index (κ3) is 2.97. The molecule has 0 spiro atoms. The molecule has 82 valence electrons. The van der Waals surface area contributed by atoms with Crippen LogP contribution in [0.15, 0.2) is 47.2 Å². The Morgan fingerprint density at radius 3 is 2.94 bits per heavy atom. The summed E-state index contributed by atoms with van der Waals surface area (Å²) in [4.78, 5) is 4.04. The molecule has 0 aliphatic heterocycles. The van der Waals surface area contributed by atoms with Crippen LogP contribution in [0.1, 0.15) is 5.56 Å². The van der Waals surface area contributed by atoms with E-state index in [1.807, 2.05) is 30.3 Å². The lowest BCUT2D eigenvalue weighted by molar-refractivity contribution is 1.13. The van der Waals surface area contributed by atoms with Gasteiger partial charge in [-0.25, -0.2) is 0 Å². The van der Waals surface area contributed by atoms with E-state index in [2.05, 4.69) is 26.2 Å². The molecule has 1 aromatic carbocycles. The first kappa shape index (κ1) is 11.4. The minimum Gasteiger partial charge on any atom is -0.380 e. The summed E-state index contributed by atoms with van der Waals surface area (Å²) in [5, 5.41) is 4.02.